The maximum atomic E-state index is 12.7. The van der Waals surface area contributed by atoms with E-state index in [1.165, 1.54) is 0 Å². The number of benzene rings is 2. The molecule has 3 atom stereocenters. The number of carbonyl (C=O) groups is 1. The zero-order valence-corrected chi connectivity index (χ0v) is 25.0. The summed E-state index contributed by atoms with van der Waals surface area (Å²) in [5.41, 5.74) is 2.16. The van der Waals surface area contributed by atoms with E-state index in [2.05, 4.69) is 32.9 Å². The van der Waals surface area contributed by atoms with E-state index in [-0.39, 0.29) is 30.8 Å². The highest BCUT2D eigenvalue weighted by atomic mass is 28.4. The number of aliphatic hydroxyl groups excluding tert-OH is 1. The Morgan fingerprint density at radius 2 is 1.50 bits per heavy atom. The molecule has 0 aromatic heterocycles. The molecule has 1 N–H and O–H groups in total. The molecule has 212 valence electrons. The van der Waals surface area contributed by atoms with Crippen LogP contribution in [-0.2, 0) is 31.9 Å². The number of Topliss-reactive ketones (excluding diaryl/α,β-unsaturated/α-hetero) is 1. The van der Waals surface area contributed by atoms with Crippen LogP contribution in [0.2, 0.25) is 18.1 Å². The maximum absolute atomic E-state index is 12.7. The lowest BCUT2D eigenvalue weighted by Gasteiger charge is -2.35. The first-order valence-electron chi connectivity index (χ1n) is 14.1. The molecule has 6 nitrogen and oxygen atoms in total. The lowest BCUT2D eigenvalue weighted by molar-refractivity contribution is -0.124. The standard InChI is InChI=1S/C31H48O6Si/c1-6-38(7-2,8-3)37-30(18-19-35-23-26-12-10-9-11-13-26)22-31(21-28(33)20-25(4)32)36-24-27-14-16-29(34-5)17-15-27/h9-17,25,30-32H,6-8,18-24H2,1-5H3/t25-,30-,31+/m0/s1. The van der Waals surface area contributed by atoms with Gasteiger partial charge in [0.2, 0.25) is 0 Å². The van der Waals surface area contributed by atoms with Gasteiger partial charge in [-0.1, -0.05) is 63.2 Å². The number of aliphatic hydroxyl groups is 1. The average Bonchev–Trinajstić information content (AvgIpc) is 2.93. The lowest BCUT2D eigenvalue weighted by atomic mass is 10.0. The highest BCUT2D eigenvalue weighted by Gasteiger charge is 2.33. The van der Waals surface area contributed by atoms with Gasteiger partial charge in [0.25, 0.3) is 0 Å². The molecule has 0 heterocycles. The van der Waals surface area contributed by atoms with E-state index in [0.29, 0.717) is 26.2 Å². The second-order valence-corrected chi connectivity index (χ2v) is 14.8. The van der Waals surface area contributed by atoms with Gasteiger partial charge in [0.1, 0.15) is 11.5 Å². The number of carbonyl (C=O) groups excluding carboxylic acids is 1. The van der Waals surface area contributed by atoms with Gasteiger partial charge in [0, 0.05) is 25.6 Å². The first-order chi connectivity index (χ1) is 18.3. The third-order valence-corrected chi connectivity index (χ3v) is 11.9. The maximum Gasteiger partial charge on any atom is 0.192 e. The normalized spacial score (nSPS) is 14.2. The molecule has 0 radical (unpaired) electrons. The first kappa shape index (κ1) is 32.2. The van der Waals surface area contributed by atoms with Crippen LogP contribution in [0.25, 0.3) is 0 Å². The van der Waals surface area contributed by atoms with Gasteiger partial charge in [-0.2, -0.15) is 0 Å². The molecule has 7 heteroatoms. The van der Waals surface area contributed by atoms with Crippen molar-refractivity contribution in [3.63, 3.8) is 0 Å². The van der Waals surface area contributed by atoms with Crippen molar-refractivity contribution in [2.24, 2.45) is 0 Å². The van der Waals surface area contributed by atoms with Gasteiger partial charge in [-0.05, 0) is 61.2 Å². The van der Waals surface area contributed by atoms with Crippen molar-refractivity contribution in [3.8, 4) is 5.75 Å². The van der Waals surface area contributed by atoms with Gasteiger partial charge < -0.3 is 23.7 Å². The predicted molar refractivity (Wildman–Crippen MR) is 155 cm³/mol. The Bertz CT molecular complexity index is 890. The van der Waals surface area contributed by atoms with Gasteiger partial charge in [-0.15, -0.1) is 0 Å². The molecule has 0 aliphatic heterocycles. The second kappa shape index (κ2) is 17.5. The summed E-state index contributed by atoms with van der Waals surface area (Å²) >= 11 is 0. The van der Waals surface area contributed by atoms with Crippen LogP contribution < -0.4 is 4.74 Å². The van der Waals surface area contributed by atoms with Crippen LogP contribution >= 0.6 is 0 Å². The van der Waals surface area contributed by atoms with Gasteiger partial charge in [-0.25, -0.2) is 0 Å². The van der Waals surface area contributed by atoms with Crippen LogP contribution in [0.3, 0.4) is 0 Å². The fourth-order valence-corrected chi connectivity index (χ4v) is 7.58. The molecule has 0 saturated carbocycles. The summed E-state index contributed by atoms with van der Waals surface area (Å²) in [5.74, 6) is 0.796. The Morgan fingerprint density at radius 3 is 2.08 bits per heavy atom. The second-order valence-electron chi connectivity index (χ2n) is 10.1. The van der Waals surface area contributed by atoms with Crippen LogP contribution in [-0.4, -0.2) is 51.2 Å². The molecule has 0 aliphatic rings. The van der Waals surface area contributed by atoms with E-state index >= 15 is 0 Å². The largest absolute Gasteiger partial charge is 0.497 e. The summed E-state index contributed by atoms with van der Waals surface area (Å²) in [6.45, 7) is 9.87. The van der Waals surface area contributed by atoms with Gasteiger partial charge in [0.15, 0.2) is 8.32 Å². The smallest absolute Gasteiger partial charge is 0.192 e. The SMILES string of the molecule is CC[Si](CC)(CC)O[C@@H](CCOCc1ccccc1)C[C@@H](CC(=O)C[C@H](C)O)OCc1ccc(OC)cc1. The Hall–Kier alpha value is -2.03. The third kappa shape index (κ3) is 11.8. The van der Waals surface area contributed by atoms with Crippen molar-refractivity contribution in [1.29, 1.82) is 0 Å². The molecule has 2 rings (SSSR count). The number of hydrogen-bond acceptors (Lipinski definition) is 6. The molecule has 0 bridgehead atoms. The third-order valence-electron chi connectivity index (χ3n) is 7.19. The van der Waals surface area contributed by atoms with E-state index in [0.717, 1.165) is 41.4 Å². The van der Waals surface area contributed by atoms with Gasteiger partial charge in [-0.3, -0.25) is 4.79 Å². The molecule has 0 spiro atoms. The fraction of sp³-hybridized carbons (Fsp3) is 0.581. The molecule has 0 fully saturated rings. The Kier molecular flexibility index (Phi) is 14.8. The summed E-state index contributed by atoms with van der Waals surface area (Å²) < 4.78 is 24.5. The van der Waals surface area contributed by atoms with Crippen LogP contribution in [0, 0.1) is 0 Å². The molecule has 0 saturated heterocycles. The number of hydrogen-bond donors (Lipinski definition) is 1. The highest BCUT2D eigenvalue weighted by molar-refractivity contribution is 6.73. The molecule has 2 aromatic carbocycles. The lowest BCUT2D eigenvalue weighted by Crippen LogP contribution is -2.41. The topological polar surface area (TPSA) is 74.2 Å². The molecule has 0 unspecified atom stereocenters. The minimum absolute atomic E-state index is 0.00351. The van der Waals surface area contributed by atoms with Gasteiger partial charge in [0.05, 0.1) is 32.5 Å². The summed E-state index contributed by atoms with van der Waals surface area (Å²) in [7, 11) is -0.241. The minimum Gasteiger partial charge on any atom is -0.497 e. The molecule has 0 amide bonds. The van der Waals surface area contributed by atoms with Crippen molar-refractivity contribution in [2.45, 2.75) is 103 Å². The van der Waals surface area contributed by atoms with E-state index in [4.69, 9.17) is 18.6 Å². The van der Waals surface area contributed by atoms with E-state index in [1.54, 1.807) is 14.0 Å². The fourth-order valence-electron chi connectivity index (χ4n) is 4.66. The van der Waals surface area contributed by atoms with Crippen molar-refractivity contribution < 1.29 is 28.5 Å². The monoisotopic (exact) mass is 544 g/mol. The number of rotatable bonds is 20. The van der Waals surface area contributed by atoms with Crippen molar-refractivity contribution in [1.82, 2.24) is 0 Å². The number of ketones is 1. The van der Waals surface area contributed by atoms with E-state index < -0.39 is 14.4 Å². The number of ether oxygens (including phenoxy) is 3. The van der Waals surface area contributed by atoms with Crippen LogP contribution in [0.5, 0.6) is 5.75 Å². The minimum atomic E-state index is -1.88. The predicted octanol–water partition coefficient (Wildman–Crippen LogP) is 6.70. The quantitative estimate of drug-likeness (QED) is 0.148. The van der Waals surface area contributed by atoms with Crippen LogP contribution in [0.4, 0.5) is 0 Å². The Balaban J connectivity index is 2.12. The summed E-state index contributed by atoms with van der Waals surface area (Å²) in [4.78, 5) is 12.7. The number of methoxy groups -OCH3 is 1. The van der Waals surface area contributed by atoms with E-state index in [1.807, 2.05) is 42.5 Å². The highest BCUT2D eigenvalue weighted by Crippen LogP contribution is 2.27. The summed E-state index contributed by atoms with van der Waals surface area (Å²) in [5, 5.41) is 9.75. The van der Waals surface area contributed by atoms with Crippen LogP contribution in [0.15, 0.2) is 54.6 Å². The Labute approximate surface area is 230 Å². The molecular weight excluding hydrogens is 496 g/mol. The van der Waals surface area contributed by atoms with Gasteiger partial charge >= 0.3 is 0 Å². The first-order valence-corrected chi connectivity index (χ1v) is 16.6. The van der Waals surface area contributed by atoms with Crippen LogP contribution in [0.1, 0.15) is 64.5 Å². The zero-order chi connectivity index (χ0) is 27.8. The molecule has 38 heavy (non-hydrogen) atoms. The summed E-state index contributed by atoms with van der Waals surface area (Å²) in [6.07, 6.45) is 0.719. The van der Waals surface area contributed by atoms with E-state index in [9.17, 15) is 9.90 Å². The molecule has 0 aliphatic carbocycles. The summed E-state index contributed by atoms with van der Waals surface area (Å²) in [6, 6.07) is 21.1. The van der Waals surface area contributed by atoms with Crippen molar-refractivity contribution >= 4 is 14.1 Å². The van der Waals surface area contributed by atoms with Crippen molar-refractivity contribution in [3.05, 3.63) is 65.7 Å². The molecule has 2 aromatic rings. The Morgan fingerprint density at radius 1 is 0.868 bits per heavy atom. The zero-order valence-electron chi connectivity index (χ0n) is 24.0. The molecular formula is C31H48O6Si. The van der Waals surface area contributed by atoms with Crippen molar-refractivity contribution in [2.75, 3.05) is 13.7 Å². The average molecular weight is 545 g/mol.